The number of benzene rings is 2. The van der Waals surface area contributed by atoms with E-state index in [-0.39, 0.29) is 54.9 Å². The number of rotatable bonds is 11. The summed E-state index contributed by atoms with van der Waals surface area (Å²) in [5.74, 6) is -1.02. The zero-order chi connectivity index (χ0) is 30.7. The number of carbonyl (C=O) groups is 2. The van der Waals surface area contributed by atoms with Crippen molar-refractivity contribution < 1.29 is 35.6 Å². The maximum atomic E-state index is 13.4. The molecule has 3 atom stereocenters. The molecular weight excluding hydrogens is 576 g/mol. The normalized spacial score (nSPS) is 22.0. The van der Waals surface area contributed by atoms with Gasteiger partial charge in [0.25, 0.3) is 5.91 Å². The van der Waals surface area contributed by atoms with Crippen LogP contribution in [0.2, 0.25) is 0 Å². The van der Waals surface area contributed by atoms with Gasteiger partial charge in [0.05, 0.1) is 11.8 Å². The molecule has 0 aromatic heterocycles. The zero-order valence-electron chi connectivity index (χ0n) is 23.6. The molecule has 2 N–H and O–H groups in total. The van der Waals surface area contributed by atoms with E-state index in [1.54, 1.807) is 12.1 Å². The van der Waals surface area contributed by atoms with E-state index in [4.69, 9.17) is 0 Å². The van der Waals surface area contributed by atoms with Crippen molar-refractivity contribution in [1.82, 2.24) is 19.8 Å². The van der Waals surface area contributed by atoms with Gasteiger partial charge >= 0.3 is 6.18 Å². The Balaban J connectivity index is 1.34. The summed E-state index contributed by atoms with van der Waals surface area (Å²) in [6.45, 7) is 3.39. The Labute approximate surface area is 243 Å². The fourth-order valence-electron chi connectivity index (χ4n) is 5.36. The number of sulfonamides is 1. The largest absolute Gasteiger partial charge is 0.416 e. The summed E-state index contributed by atoms with van der Waals surface area (Å²) in [6, 6.07) is 9.34. The number of halogens is 4. The topological polar surface area (TPSA) is 98.8 Å². The van der Waals surface area contributed by atoms with Crippen LogP contribution in [0.15, 0.2) is 48.5 Å². The number of carbonyl (C=O) groups excluding carboxylic acids is 2. The van der Waals surface area contributed by atoms with E-state index < -0.39 is 33.7 Å². The van der Waals surface area contributed by atoms with E-state index >= 15 is 0 Å². The van der Waals surface area contributed by atoms with E-state index in [9.17, 15) is 35.6 Å². The van der Waals surface area contributed by atoms with E-state index in [0.717, 1.165) is 42.5 Å². The minimum absolute atomic E-state index is 0.00199. The number of nitrogens with zero attached hydrogens (tertiary/aromatic N) is 2. The van der Waals surface area contributed by atoms with Crippen LogP contribution in [0.1, 0.15) is 60.0 Å². The smallest absolute Gasteiger partial charge is 0.340 e. The summed E-state index contributed by atoms with van der Waals surface area (Å²) in [5.41, 5.74) is 0.0779. The number of nitrogens with one attached hydrogen (secondary N) is 2. The molecule has 13 heteroatoms. The van der Waals surface area contributed by atoms with Gasteiger partial charge in [-0.3, -0.25) is 9.59 Å². The molecule has 2 aromatic rings. The van der Waals surface area contributed by atoms with Crippen LogP contribution in [0.4, 0.5) is 17.6 Å². The van der Waals surface area contributed by atoms with Crippen molar-refractivity contribution in [2.75, 3.05) is 39.0 Å². The number of alkyl halides is 3. The van der Waals surface area contributed by atoms with Crippen LogP contribution in [0, 0.1) is 5.82 Å². The highest BCUT2D eigenvalue weighted by Crippen LogP contribution is 2.51. The molecular formula is C29H36F4N4O4S. The number of piperazine rings is 1. The molecule has 8 nitrogen and oxygen atoms in total. The first-order valence-corrected chi connectivity index (χ1v) is 15.7. The van der Waals surface area contributed by atoms with Crippen molar-refractivity contribution in [1.29, 1.82) is 0 Å². The lowest BCUT2D eigenvalue weighted by Gasteiger charge is -2.35. The van der Waals surface area contributed by atoms with E-state index in [2.05, 4.69) is 17.6 Å². The van der Waals surface area contributed by atoms with Gasteiger partial charge in [0, 0.05) is 43.2 Å². The average molecular weight is 613 g/mol. The summed E-state index contributed by atoms with van der Waals surface area (Å²) >= 11 is 0. The van der Waals surface area contributed by atoms with Gasteiger partial charge in [-0.15, -0.1) is 0 Å². The Bertz CT molecular complexity index is 1360. The molecule has 2 fully saturated rings. The van der Waals surface area contributed by atoms with Crippen molar-refractivity contribution in [3.05, 3.63) is 71.0 Å². The van der Waals surface area contributed by atoms with Crippen molar-refractivity contribution in [3.63, 3.8) is 0 Å². The fourth-order valence-corrected chi connectivity index (χ4v) is 6.19. The minimum atomic E-state index is -4.54. The van der Waals surface area contributed by atoms with E-state index in [1.807, 2.05) is 0 Å². The molecule has 1 aliphatic carbocycles. The van der Waals surface area contributed by atoms with Crippen LogP contribution in [-0.4, -0.2) is 80.0 Å². The maximum Gasteiger partial charge on any atom is 0.416 e. The third kappa shape index (κ3) is 8.07. The molecule has 0 spiro atoms. The molecule has 230 valence electrons. The summed E-state index contributed by atoms with van der Waals surface area (Å²) in [5, 5.41) is 6.22. The quantitative estimate of drug-likeness (QED) is 0.298. The van der Waals surface area contributed by atoms with E-state index in [0.29, 0.717) is 25.8 Å². The first kappa shape index (κ1) is 31.9. The molecule has 1 saturated carbocycles. The van der Waals surface area contributed by atoms with Crippen molar-refractivity contribution in [3.8, 4) is 0 Å². The monoisotopic (exact) mass is 612 g/mol. The van der Waals surface area contributed by atoms with Crippen LogP contribution in [0.25, 0.3) is 0 Å². The Morgan fingerprint density at radius 1 is 1.00 bits per heavy atom. The molecule has 4 rings (SSSR count). The Morgan fingerprint density at radius 2 is 1.62 bits per heavy atom. The maximum absolute atomic E-state index is 13.4. The Hall–Kier alpha value is -3.03. The molecule has 2 aromatic carbocycles. The van der Waals surface area contributed by atoms with Crippen molar-refractivity contribution in [2.24, 2.45) is 0 Å². The third-order valence-electron chi connectivity index (χ3n) is 8.06. The molecule has 2 aliphatic rings. The SMILES string of the molecule is C[C@@]1(NCCCC[C@H](NC(=O)c2ccc(C(F)(F)F)cc2)C(=O)N2CCN(S(C)(=O)=O)CC2)C[C@H]1c1ccc(F)cc1. The van der Waals surface area contributed by atoms with Gasteiger partial charge in [-0.05, 0) is 81.1 Å². The van der Waals surface area contributed by atoms with Gasteiger partial charge in [-0.2, -0.15) is 17.5 Å². The lowest BCUT2D eigenvalue weighted by molar-refractivity contribution is -0.137. The zero-order valence-corrected chi connectivity index (χ0v) is 24.4. The van der Waals surface area contributed by atoms with Crippen molar-refractivity contribution in [2.45, 2.75) is 56.3 Å². The number of hydrogen-bond acceptors (Lipinski definition) is 5. The predicted octanol–water partition coefficient (Wildman–Crippen LogP) is 3.75. The fraction of sp³-hybridized carbons (Fsp3) is 0.517. The molecule has 2 amide bonds. The average Bonchev–Trinajstić information content (AvgIpc) is 3.62. The predicted molar refractivity (Wildman–Crippen MR) is 150 cm³/mol. The summed E-state index contributed by atoms with van der Waals surface area (Å²) in [6.07, 6.45) is -0.924. The number of amides is 2. The first-order valence-electron chi connectivity index (χ1n) is 13.9. The van der Waals surface area contributed by atoms with Crippen LogP contribution >= 0.6 is 0 Å². The van der Waals surface area contributed by atoms with Gasteiger partial charge < -0.3 is 15.5 Å². The molecule has 42 heavy (non-hydrogen) atoms. The second-order valence-corrected chi connectivity index (χ2v) is 13.2. The molecule has 0 radical (unpaired) electrons. The molecule has 1 heterocycles. The van der Waals surface area contributed by atoms with Crippen molar-refractivity contribution >= 4 is 21.8 Å². The second kappa shape index (κ2) is 12.7. The second-order valence-electron chi connectivity index (χ2n) is 11.2. The van der Waals surface area contributed by atoms with Crippen LogP contribution in [0.3, 0.4) is 0 Å². The third-order valence-corrected chi connectivity index (χ3v) is 9.36. The first-order chi connectivity index (χ1) is 19.7. The van der Waals surface area contributed by atoms with Gasteiger partial charge in [0.1, 0.15) is 11.9 Å². The van der Waals surface area contributed by atoms with Crippen LogP contribution in [-0.2, 0) is 21.0 Å². The van der Waals surface area contributed by atoms with E-state index in [1.165, 1.54) is 21.3 Å². The Morgan fingerprint density at radius 3 is 2.19 bits per heavy atom. The summed E-state index contributed by atoms with van der Waals surface area (Å²) in [4.78, 5) is 27.8. The standard InChI is InChI=1S/C29H36F4N4O4S/c1-28(19-24(28)20-8-12-23(30)13-9-20)34-14-4-3-5-25(27(39)36-15-17-37(18-16-36)42(2,40)41)35-26(38)21-6-10-22(11-7-21)29(31,32)33/h6-13,24-25,34H,3-5,14-19H2,1-2H3,(H,35,38)/t24-,25-,28+/m0/s1. The highest BCUT2D eigenvalue weighted by molar-refractivity contribution is 7.88. The Kier molecular flexibility index (Phi) is 9.63. The van der Waals surface area contributed by atoms with Gasteiger partial charge in [-0.25, -0.2) is 12.8 Å². The van der Waals surface area contributed by atoms with Gasteiger partial charge in [0.2, 0.25) is 15.9 Å². The van der Waals surface area contributed by atoms with Gasteiger partial charge in [0.15, 0.2) is 0 Å². The molecule has 1 aliphatic heterocycles. The number of hydrogen-bond donors (Lipinski definition) is 2. The molecule has 1 saturated heterocycles. The highest BCUT2D eigenvalue weighted by Gasteiger charge is 2.50. The van der Waals surface area contributed by atoms with Crippen LogP contribution in [0.5, 0.6) is 0 Å². The minimum Gasteiger partial charge on any atom is -0.340 e. The highest BCUT2D eigenvalue weighted by atomic mass is 32.2. The summed E-state index contributed by atoms with van der Waals surface area (Å²) in [7, 11) is -3.39. The molecule has 0 unspecified atom stereocenters. The lowest BCUT2D eigenvalue weighted by atomic mass is 10.0. The number of unbranched alkanes of at least 4 members (excludes halogenated alkanes) is 1. The van der Waals surface area contributed by atoms with Crippen LogP contribution < -0.4 is 10.6 Å². The lowest BCUT2D eigenvalue weighted by Crippen LogP contribution is -2.55. The van der Waals surface area contributed by atoms with Gasteiger partial charge in [-0.1, -0.05) is 12.1 Å². The summed E-state index contributed by atoms with van der Waals surface area (Å²) < 4.78 is 77.0. The molecule has 0 bridgehead atoms.